The van der Waals surface area contributed by atoms with Crippen LogP contribution in [0.2, 0.25) is 0 Å². The molecule has 2 fully saturated rings. The van der Waals surface area contributed by atoms with Crippen LogP contribution in [-0.4, -0.2) is 73.6 Å². The van der Waals surface area contributed by atoms with Gasteiger partial charge in [0.1, 0.15) is 6.54 Å². The van der Waals surface area contributed by atoms with Crippen molar-refractivity contribution in [2.75, 3.05) is 26.2 Å². The Morgan fingerprint density at radius 1 is 1.11 bits per heavy atom. The summed E-state index contributed by atoms with van der Waals surface area (Å²) < 4.78 is 29.7. The molecule has 0 aromatic carbocycles. The van der Waals surface area contributed by atoms with Crippen molar-refractivity contribution in [2.45, 2.75) is 24.6 Å². The minimum absolute atomic E-state index is 0.0979. The van der Waals surface area contributed by atoms with Crippen molar-refractivity contribution in [1.29, 1.82) is 0 Å². The summed E-state index contributed by atoms with van der Waals surface area (Å²) in [5.41, 5.74) is -0.583. The van der Waals surface area contributed by atoms with E-state index in [1.807, 2.05) is 0 Å². The predicted molar refractivity (Wildman–Crippen MR) is 100 cm³/mol. The third-order valence-electron chi connectivity index (χ3n) is 5.42. The first-order chi connectivity index (χ1) is 13.2. The summed E-state index contributed by atoms with van der Waals surface area (Å²) in [5, 5.41) is -0.255. The number of amides is 1. The van der Waals surface area contributed by atoms with Gasteiger partial charge in [-0.25, -0.2) is 18.2 Å². The van der Waals surface area contributed by atoms with Crippen LogP contribution < -0.4 is 11.2 Å². The Balaban J connectivity index is 1.51. The highest BCUT2D eigenvalue weighted by atomic mass is 32.2. The Labute approximate surface area is 160 Å². The molecule has 4 rings (SSSR count). The first kappa shape index (κ1) is 18.9. The van der Waals surface area contributed by atoms with Crippen molar-refractivity contribution in [3.8, 4) is 0 Å². The molecule has 2 aromatic heterocycles. The topological polar surface area (TPSA) is 120 Å². The second-order valence-corrected chi connectivity index (χ2v) is 9.49. The van der Waals surface area contributed by atoms with E-state index in [4.69, 9.17) is 0 Å². The van der Waals surface area contributed by atoms with Crippen LogP contribution in [0.25, 0.3) is 11.2 Å². The van der Waals surface area contributed by atoms with E-state index in [0.29, 0.717) is 25.9 Å². The largest absolute Gasteiger partial charge is 0.339 e. The van der Waals surface area contributed by atoms with Gasteiger partial charge < -0.3 is 9.47 Å². The van der Waals surface area contributed by atoms with Gasteiger partial charge in [-0.3, -0.25) is 18.7 Å². The molecule has 1 aliphatic carbocycles. The van der Waals surface area contributed by atoms with Gasteiger partial charge in [-0.2, -0.15) is 4.31 Å². The van der Waals surface area contributed by atoms with Crippen LogP contribution in [0.3, 0.4) is 0 Å². The van der Waals surface area contributed by atoms with Crippen LogP contribution in [-0.2, 0) is 35.5 Å². The minimum Gasteiger partial charge on any atom is -0.339 e. The lowest BCUT2D eigenvalue weighted by molar-refractivity contribution is -0.132. The van der Waals surface area contributed by atoms with E-state index in [-0.39, 0.29) is 42.0 Å². The highest BCUT2D eigenvalue weighted by Crippen LogP contribution is 2.31. The average molecular weight is 410 g/mol. The number of carbonyl (C=O) groups excluding carboxylic acids is 1. The quantitative estimate of drug-likeness (QED) is 0.579. The molecule has 2 aromatic rings. The lowest BCUT2D eigenvalue weighted by Gasteiger charge is -2.34. The maximum Gasteiger partial charge on any atom is 0.332 e. The molecule has 3 heterocycles. The smallest absolute Gasteiger partial charge is 0.332 e. The summed E-state index contributed by atoms with van der Waals surface area (Å²) in [6, 6.07) is 0. The van der Waals surface area contributed by atoms with E-state index in [9.17, 15) is 22.8 Å². The zero-order valence-corrected chi connectivity index (χ0v) is 16.6. The monoisotopic (exact) mass is 410 g/mol. The van der Waals surface area contributed by atoms with Gasteiger partial charge >= 0.3 is 5.69 Å². The van der Waals surface area contributed by atoms with Crippen LogP contribution >= 0.6 is 0 Å². The van der Waals surface area contributed by atoms with Crippen molar-refractivity contribution in [3.63, 3.8) is 0 Å². The number of rotatable bonds is 4. The van der Waals surface area contributed by atoms with E-state index >= 15 is 0 Å². The third-order valence-corrected chi connectivity index (χ3v) is 7.82. The molecular weight excluding hydrogens is 388 g/mol. The Morgan fingerprint density at radius 2 is 1.75 bits per heavy atom. The highest BCUT2D eigenvalue weighted by Gasteiger charge is 2.41. The lowest BCUT2D eigenvalue weighted by Crippen LogP contribution is -2.52. The van der Waals surface area contributed by atoms with Crippen LogP contribution in [0.4, 0.5) is 0 Å². The average Bonchev–Trinajstić information content (AvgIpc) is 3.47. The first-order valence-electron chi connectivity index (χ1n) is 9.09. The van der Waals surface area contributed by atoms with Crippen molar-refractivity contribution in [1.82, 2.24) is 27.9 Å². The molecule has 0 N–H and O–H groups in total. The SMILES string of the molecule is Cn1c(=O)c2c(ncn2CC(=O)N2CCN(S(=O)(=O)C3CC3)CC2)n(C)c1=O. The van der Waals surface area contributed by atoms with E-state index < -0.39 is 21.3 Å². The number of imidazole rings is 1. The lowest BCUT2D eigenvalue weighted by atomic mass is 10.3. The molecule has 2 aliphatic rings. The van der Waals surface area contributed by atoms with Gasteiger partial charge in [0, 0.05) is 40.3 Å². The standard InChI is InChI=1S/C16H22N6O5S/c1-18-14-13(15(24)19(2)16(18)25)21(10-17-14)9-12(23)20-5-7-22(8-6-20)28(26,27)11-3-4-11/h10-11H,3-9H2,1-2H3. The van der Waals surface area contributed by atoms with Crippen molar-refractivity contribution < 1.29 is 13.2 Å². The molecule has 0 atom stereocenters. The van der Waals surface area contributed by atoms with E-state index in [2.05, 4.69) is 4.98 Å². The summed E-state index contributed by atoms with van der Waals surface area (Å²) in [6.07, 6.45) is 2.80. The number of sulfonamides is 1. The van der Waals surface area contributed by atoms with Gasteiger partial charge in [-0.15, -0.1) is 0 Å². The Hall–Kier alpha value is -2.47. The molecule has 28 heavy (non-hydrogen) atoms. The van der Waals surface area contributed by atoms with Crippen molar-refractivity contribution in [2.24, 2.45) is 14.1 Å². The summed E-state index contributed by atoms with van der Waals surface area (Å²) in [5.74, 6) is -0.223. The number of aromatic nitrogens is 4. The maximum atomic E-state index is 12.7. The van der Waals surface area contributed by atoms with E-state index in [1.165, 1.54) is 33.9 Å². The molecular formula is C16H22N6O5S. The molecule has 1 aliphatic heterocycles. The number of hydrogen-bond acceptors (Lipinski definition) is 6. The molecule has 152 valence electrons. The van der Waals surface area contributed by atoms with E-state index in [0.717, 1.165) is 4.57 Å². The zero-order chi connectivity index (χ0) is 20.2. The summed E-state index contributed by atoms with van der Waals surface area (Å²) in [4.78, 5) is 42.8. The molecule has 0 radical (unpaired) electrons. The van der Waals surface area contributed by atoms with E-state index in [1.54, 1.807) is 4.90 Å². The fourth-order valence-electron chi connectivity index (χ4n) is 3.53. The molecule has 11 nitrogen and oxygen atoms in total. The fraction of sp³-hybridized carbons (Fsp3) is 0.625. The predicted octanol–water partition coefficient (Wildman–Crippen LogP) is -1.93. The zero-order valence-electron chi connectivity index (χ0n) is 15.7. The summed E-state index contributed by atoms with van der Waals surface area (Å²) in [7, 11) is -0.338. The molecule has 0 unspecified atom stereocenters. The summed E-state index contributed by atoms with van der Waals surface area (Å²) in [6.45, 7) is 1.10. The van der Waals surface area contributed by atoms with Crippen LogP contribution in [0.5, 0.6) is 0 Å². The van der Waals surface area contributed by atoms with Gasteiger partial charge in [-0.1, -0.05) is 0 Å². The second kappa shape index (κ2) is 6.55. The molecule has 1 amide bonds. The number of piperazine rings is 1. The van der Waals surface area contributed by atoms with Crippen molar-refractivity contribution >= 4 is 27.1 Å². The van der Waals surface area contributed by atoms with Crippen LogP contribution in [0, 0.1) is 0 Å². The first-order valence-corrected chi connectivity index (χ1v) is 10.6. The van der Waals surface area contributed by atoms with Gasteiger partial charge in [0.15, 0.2) is 11.2 Å². The molecule has 12 heteroatoms. The number of hydrogen-bond donors (Lipinski definition) is 0. The van der Waals surface area contributed by atoms with Gasteiger partial charge in [0.25, 0.3) is 5.56 Å². The van der Waals surface area contributed by atoms with Gasteiger partial charge in [0.05, 0.1) is 11.6 Å². The highest BCUT2D eigenvalue weighted by molar-refractivity contribution is 7.90. The number of fused-ring (bicyclic) bond motifs is 1. The van der Waals surface area contributed by atoms with Crippen LogP contribution in [0.15, 0.2) is 15.9 Å². The molecule has 0 spiro atoms. The number of nitrogens with zero attached hydrogens (tertiary/aromatic N) is 6. The fourth-order valence-corrected chi connectivity index (χ4v) is 5.36. The van der Waals surface area contributed by atoms with Gasteiger partial charge in [0.2, 0.25) is 15.9 Å². The Morgan fingerprint density at radius 3 is 2.36 bits per heavy atom. The van der Waals surface area contributed by atoms with Crippen molar-refractivity contribution in [3.05, 3.63) is 27.2 Å². The second-order valence-electron chi connectivity index (χ2n) is 7.27. The molecule has 1 saturated carbocycles. The normalized spacial score (nSPS) is 18.7. The molecule has 0 bridgehead atoms. The Kier molecular flexibility index (Phi) is 4.42. The third kappa shape index (κ3) is 2.96. The van der Waals surface area contributed by atoms with Crippen LogP contribution in [0.1, 0.15) is 12.8 Å². The minimum atomic E-state index is -3.23. The number of aryl methyl sites for hydroxylation is 1. The Bertz CT molecular complexity index is 1160. The maximum absolute atomic E-state index is 12.7. The van der Waals surface area contributed by atoms with Gasteiger partial charge in [-0.05, 0) is 12.8 Å². The number of carbonyl (C=O) groups is 1. The summed E-state index contributed by atoms with van der Waals surface area (Å²) >= 11 is 0. The molecule has 1 saturated heterocycles.